The van der Waals surface area contributed by atoms with Crippen LogP contribution in [0.15, 0.2) is 46.9 Å². The number of methoxy groups -OCH3 is 1. The SMILES string of the molecule is COC(=O)[C@H](C)N(CC(=O)N(CCc1ccccc1)Cc1ccc(C)o1)C[C@@H]1CCCO1. The average Bonchev–Trinajstić information content (AvgIpc) is 3.47. The first-order chi connectivity index (χ1) is 15.5. The summed E-state index contributed by atoms with van der Waals surface area (Å²) in [4.78, 5) is 29.3. The highest BCUT2D eigenvalue weighted by Crippen LogP contribution is 2.17. The van der Waals surface area contributed by atoms with Gasteiger partial charge in [-0.25, -0.2) is 0 Å². The van der Waals surface area contributed by atoms with Crippen LogP contribution in [0.5, 0.6) is 0 Å². The fourth-order valence-corrected chi connectivity index (χ4v) is 3.96. The number of esters is 1. The van der Waals surface area contributed by atoms with E-state index in [1.54, 1.807) is 11.8 Å². The molecule has 0 saturated carbocycles. The topological polar surface area (TPSA) is 72.2 Å². The first kappa shape index (κ1) is 24.0. The summed E-state index contributed by atoms with van der Waals surface area (Å²) in [6, 6.07) is 13.4. The van der Waals surface area contributed by atoms with Gasteiger partial charge in [-0.1, -0.05) is 30.3 Å². The maximum atomic E-state index is 13.4. The Kier molecular flexibility index (Phi) is 8.88. The lowest BCUT2D eigenvalue weighted by Crippen LogP contribution is -2.49. The largest absolute Gasteiger partial charge is 0.468 e. The Morgan fingerprint density at radius 2 is 1.97 bits per heavy atom. The van der Waals surface area contributed by atoms with E-state index in [0.717, 1.165) is 37.4 Å². The molecule has 2 heterocycles. The number of furan rings is 1. The van der Waals surface area contributed by atoms with Crippen LogP contribution in [-0.2, 0) is 32.0 Å². The van der Waals surface area contributed by atoms with Gasteiger partial charge in [0.25, 0.3) is 0 Å². The third-order valence-corrected chi connectivity index (χ3v) is 5.90. The normalized spacial score (nSPS) is 16.8. The number of amides is 1. The molecule has 0 unspecified atom stereocenters. The molecule has 7 heteroatoms. The van der Waals surface area contributed by atoms with E-state index in [-0.39, 0.29) is 24.5 Å². The molecule has 1 aromatic carbocycles. The van der Waals surface area contributed by atoms with Crippen LogP contribution in [0.3, 0.4) is 0 Å². The lowest BCUT2D eigenvalue weighted by atomic mass is 10.1. The van der Waals surface area contributed by atoms with Gasteiger partial charge in [0.05, 0.1) is 26.3 Å². The van der Waals surface area contributed by atoms with Crippen LogP contribution >= 0.6 is 0 Å². The van der Waals surface area contributed by atoms with Crippen LogP contribution in [0.2, 0.25) is 0 Å². The maximum absolute atomic E-state index is 13.4. The molecular weight excluding hydrogens is 408 g/mol. The minimum atomic E-state index is -0.532. The summed E-state index contributed by atoms with van der Waals surface area (Å²) in [5.74, 6) is 1.16. The Labute approximate surface area is 190 Å². The van der Waals surface area contributed by atoms with Crippen molar-refractivity contribution in [1.82, 2.24) is 9.80 Å². The molecular formula is C25H34N2O5. The second-order valence-electron chi connectivity index (χ2n) is 8.33. The second-order valence-corrected chi connectivity index (χ2v) is 8.33. The van der Waals surface area contributed by atoms with E-state index >= 15 is 0 Å². The van der Waals surface area contributed by atoms with Crippen molar-refractivity contribution in [3.05, 3.63) is 59.5 Å². The zero-order valence-corrected chi connectivity index (χ0v) is 19.3. The van der Waals surface area contributed by atoms with Crippen LogP contribution in [0.4, 0.5) is 0 Å². The highest BCUT2D eigenvalue weighted by atomic mass is 16.5. The van der Waals surface area contributed by atoms with E-state index in [4.69, 9.17) is 13.9 Å². The molecule has 0 N–H and O–H groups in total. The molecule has 0 radical (unpaired) electrons. The van der Waals surface area contributed by atoms with Crippen molar-refractivity contribution in [2.75, 3.05) is 33.4 Å². The molecule has 32 heavy (non-hydrogen) atoms. The van der Waals surface area contributed by atoms with Crippen molar-refractivity contribution >= 4 is 11.9 Å². The predicted molar refractivity (Wildman–Crippen MR) is 121 cm³/mol. The highest BCUT2D eigenvalue weighted by Gasteiger charge is 2.30. The van der Waals surface area contributed by atoms with E-state index in [1.165, 1.54) is 12.7 Å². The van der Waals surface area contributed by atoms with Gasteiger partial charge in [0.1, 0.15) is 17.6 Å². The third kappa shape index (κ3) is 6.93. The Hall–Kier alpha value is -2.64. The average molecular weight is 443 g/mol. The standard InChI is InChI=1S/C25H34N2O5/c1-19-11-12-23(32-19)17-26(14-13-21-8-5-4-6-9-21)24(28)18-27(20(2)25(29)30-3)16-22-10-7-15-31-22/h4-6,8-9,11-12,20,22H,7,10,13-18H2,1-3H3/t20-,22-/m0/s1. The lowest BCUT2D eigenvalue weighted by Gasteiger charge is -2.31. The molecule has 0 spiro atoms. The van der Waals surface area contributed by atoms with Gasteiger partial charge in [-0.3, -0.25) is 14.5 Å². The fraction of sp³-hybridized carbons (Fsp3) is 0.520. The smallest absolute Gasteiger partial charge is 0.322 e. The molecule has 1 amide bonds. The third-order valence-electron chi connectivity index (χ3n) is 5.90. The summed E-state index contributed by atoms with van der Waals surface area (Å²) in [6.45, 7) is 5.97. The summed E-state index contributed by atoms with van der Waals surface area (Å²) < 4.78 is 16.4. The van der Waals surface area contributed by atoms with E-state index in [9.17, 15) is 9.59 Å². The number of rotatable bonds is 11. The highest BCUT2D eigenvalue weighted by molar-refractivity contribution is 5.80. The van der Waals surface area contributed by atoms with E-state index in [0.29, 0.717) is 19.6 Å². The number of hydrogen-bond donors (Lipinski definition) is 0. The van der Waals surface area contributed by atoms with Crippen molar-refractivity contribution < 1.29 is 23.5 Å². The van der Waals surface area contributed by atoms with Gasteiger partial charge in [0.15, 0.2) is 0 Å². The van der Waals surface area contributed by atoms with Gasteiger partial charge < -0.3 is 18.8 Å². The van der Waals surface area contributed by atoms with E-state index in [2.05, 4.69) is 12.1 Å². The molecule has 174 valence electrons. The lowest BCUT2D eigenvalue weighted by molar-refractivity contribution is -0.148. The van der Waals surface area contributed by atoms with Gasteiger partial charge >= 0.3 is 5.97 Å². The van der Waals surface area contributed by atoms with Gasteiger partial charge in [-0.2, -0.15) is 0 Å². The molecule has 0 bridgehead atoms. The monoisotopic (exact) mass is 442 g/mol. The minimum Gasteiger partial charge on any atom is -0.468 e. The van der Waals surface area contributed by atoms with Gasteiger partial charge in [-0.05, 0) is 50.8 Å². The molecule has 1 saturated heterocycles. The van der Waals surface area contributed by atoms with Crippen LogP contribution in [-0.4, -0.2) is 67.2 Å². The van der Waals surface area contributed by atoms with E-state index < -0.39 is 6.04 Å². The number of carbonyl (C=O) groups is 2. The summed E-state index contributed by atoms with van der Waals surface area (Å²) in [6.07, 6.45) is 2.70. The maximum Gasteiger partial charge on any atom is 0.322 e. The molecule has 7 nitrogen and oxygen atoms in total. The Bertz CT molecular complexity index is 860. The minimum absolute atomic E-state index is 0.0281. The quantitative estimate of drug-likeness (QED) is 0.498. The van der Waals surface area contributed by atoms with Crippen LogP contribution in [0.1, 0.15) is 36.8 Å². The summed E-state index contributed by atoms with van der Waals surface area (Å²) in [5, 5.41) is 0. The molecule has 2 aromatic rings. The molecule has 1 aliphatic heterocycles. The van der Waals surface area contributed by atoms with Crippen molar-refractivity contribution in [3.8, 4) is 0 Å². The zero-order chi connectivity index (χ0) is 22.9. The van der Waals surface area contributed by atoms with Gasteiger partial charge in [0, 0.05) is 19.7 Å². The van der Waals surface area contributed by atoms with Crippen LogP contribution < -0.4 is 0 Å². The first-order valence-electron chi connectivity index (χ1n) is 11.3. The second kappa shape index (κ2) is 11.8. The van der Waals surface area contributed by atoms with Crippen LogP contribution in [0.25, 0.3) is 0 Å². The number of carbonyl (C=O) groups excluding carboxylic acids is 2. The number of hydrogen-bond acceptors (Lipinski definition) is 6. The number of nitrogens with zero attached hydrogens (tertiary/aromatic N) is 2. The van der Waals surface area contributed by atoms with Crippen molar-refractivity contribution in [2.24, 2.45) is 0 Å². The number of ether oxygens (including phenoxy) is 2. The van der Waals surface area contributed by atoms with Crippen molar-refractivity contribution in [3.63, 3.8) is 0 Å². The number of aryl methyl sites for hydroxylation is 1. The predicted octanol–water partition coefficient (Wildman–Crippen LogP) is 3.20. The molecule has 1 aromatic heterocycles. The summed E-state index contributed by atoms with van der Waals surface area (Å²) in [5.41, 5.74) is 1.17. The van der Waals surface area contributed by atoms with Gasteiger partial charge in [-0.15, -0.1) is 0 Å². The number of benzene rings is 1. The van der Waals surface area contributed by atoms with Crippen LogP contribution in [0, 0.1) is 6.92 Å². The van der Waals surface area contributed by atoms with E-state index in [1.807, 2.05) is 42.2 Å². The fourth-order valence-electron chi connectivity index (χ4n) is 3.96. The summed E-state index contributed by atoms with van der Waals surface area (Å²) in [7, 11) is 1.37. The molecule has 2 atom stereocenters. The van der Waals surface area contributed by atoms with Crippen molar-refractivity contribution in [2.45, 2.75) is 51.8 Å². The Morgan fingerprint density at radius 1 is 1.19 bits per heavy atom. The Balaban J connectivity index is 1.72. The van der Waals surface area contributed by atoms with Gasteiger partial charge in [0.2, 0.25) is 5.91 Å². The zero-order valence-electron chi connectivity index (χ0n) is 19.3. The molecule has 0 aliphatic carbocycles. The first-order valence-corrected chi connectivity index (χ1v) is 11.3. The molecule has 1 aliphatic rings. The molecule has 1 fully saturated rings. The molecule has 3 rings (SSSR count). The Morgan fingerprint density at radius 3 is 2.59 bits per heavy atom. The summed E-state index contributed by atoms with van der Waals surface area (Å²) >= 11 is 0. The van der Waals surface area contributed by atoms with Crippen molar-refractivity contribution in [1.29, 1.82) is 0 Å².